The number of aromatic nitrogens is 2. The summed E-state index contributed by atoms with van der Waals surface area (Å²) in [4.78, 5) is 33.7. The normalized spacial score (nSPS) is 20.8. The molecule has 1 amide bonds. The van der Waals surface area contributed by atoms with Crippen LogP contribution in [0.3, 0.4) is 0 Å². The standard InChI is InChI=1S/C34H42N8O2/c1-5-30(43)42-20-19-41(21-26(42)14-15-35)33-32-28(36-34(37-33)44-23-27-12-8-16-38(27)3)22-40(18-17-39(32)4)29-13-7-11-25-10-6-9-24(2)31(25)29/h5-7,9-11,13,26-27H,1,8,12,14,16-23H2,2-4H3/t26-,27-/m0/s1. The van der Waals surface area contributed by atoms with E-state index in [1.54, 1.807) is 4.90 Å². The Hall–Kier alpha value is -4.36. The van der Waals surface area contributed by atoms with Gasteiger partial charge in [0.2, 0.25) is 5.91 Å². The van der Waals surface area contributed by atoms with Crippen LogP contribution in [0.25, 0.3) is 10.8 Å². The molecule has 10 heteroatoms. The van der Waals surface area contributed by atoms with E-state index in [1.807, 2.05) is 0 Å². The molecule has 0 spiro atoms. The van der Waals surface area contributed by atoms with E-state index in [-0.39, 0.29) is 18.4 Å². The zero-order valence-corrected chi connectivity index (χ0v) is 26.1. The second kappa shape index (κ2) is 12.7. The summed E-state index contributed by atoms with van der Waals surface area (Å²) in [7, 11) is 4.24. The van der Waals surface area contributed by atoms with Gasteiger partial charge < -0.3 is 29.2 Å². The molecular formula is C34H42N8O2. The number of hydrogen-bond donors (Lipinski definition) is 0. The van der Waals surface area contributed by atoms with E-state index in [0.29, 0.717) is 44.8 Å². The second-order valence-corrected chi connectivity index (χ2v) is 12.2. The van der Waals surface area contributed by atoms with Crippen LogP contribution in [0, 0.1) is 18.3 Å². The summed E-state index contributed by atoms with van der Waals surface area (Å²) >= 11 is 0. The minimum absolute atomic E-state index is 0.144. The number of carbonyl (C=O) groups is 1. The van der Waals surface area contributed by atoms with Crippen molar-refractivity contribution in [2.45, 2.75) is 44.8 Å². The molecule has 0 radical (unpaired) electrons. The highest BCUT2D eigenvalue weighted by molar-refractivity contribution is 5.97. The summed E-state index contributed by atoms with van der Waals surface area (Å²) in [5.41, 5.74) is 4.34. The van der Waals surface area contributed by atoms with Gasteiger partial charge in [-0.15, -0.1) is 0 Å². The van der Waals surface area contributed by atoms with Gasteiger partial charge in [0, 0.05) is 56.9 Å². The molecule has 0 unspecified atom stereocenters. The van der Waals surface area contributed by atoms with Crippen molar-refractivity contribution in [3.05, 3.63) is 60.3 Å². The van der Waals surface area contributed by atoms with Crippen LogP contribution in [0.15, 0.2) is 49.1 Å². The van der Waals surface area contributed by atoms with Crippen molar-refractivity contribution in [2.24, 2.45) is 0 Å². The molecule has 0 bridgehead atoms. The fraction of sp³-hybridized carbons (Fsp3) is 0.471. The van der Waals surface area contributed by atoms with Gasteiger partial charge in [-0.2, -0.15) is 15.2 Å². The first-order chi connectivity index (χ1) is 21.4. The molecule has 2 fully saturated rings. The van der Waals surface area contributed by atoms with Crippen molar-refractivity contribution < 1.29 is 9.53 Å². The highest BCUT2D eigenvalue weighted by Crippen LogP contribution is 2.38. The lowest BCUT2D eigenvalue weighted by Gasteiger charge is -2.41. The number of fused-ring (bicyclic) bond motifs is 2. The van der Waals surface area contributed by atoms with E-state index in [0.717, 1.165) is 43.3 Å². The van der Waals surface area contributed by atoms with Gasteiger partial charge in [0.25, 0.3) is 0 Å². The third kappa shape index (κ3) is 5.76. The number of nitriles is 1. The molecule has 6 rings (SSSR count). The fourth-order valence-corrected chi connectivity index (χ4v) is 6.97. The van der Waals surface area contributed by atoms with E-state index < -0.39 is 0 Å². The number of piperazine rings is 1. The quantitative estimate of drug-likeness (QED) is 0.377. The predicted molar refractivity (Wildman–Crippen MR) is 174 cm³/mol. The monoisotopic (exact) mass is 594 g/mol. The highest BCUT2D eigenvalue weighted by atomic mass is 16.5. The maximum absolute atomic E-state index is 12.6. The van der Waals surface area contributed by atoms with Crippen LogP contribution in [0.2, 0.25) is 0 Å². The topological polar surface area (TPSA) is 92.1 Å². The summed E-state index contributed by atoms with van der Waals surface area (Å²) in [6.45, 7) is 11.3. The van der Waals surface area contributed by atoms with Gasteiger partial charge in [0.15, 0.2) is 5.82 Å². The number of likely N-dealkylation sites (tertiary alicyclic amines) is 1. The van der Waals surface area contributed by atoms with Crippen molar-refractivity contribution in [1.82, 2.24) is 19.8 Å². The molecule has 3 aliphatic rings. The molecule has 1 aromatic heterocycles. The minimum atomic E-state index is -0.257. The predicted octanol–water partition coefficient (Wildman–Crippen LogP) is 3.98. The summed E-state index contributed by atoms with van der Waals surface area (Å²) in [5.74, 6) is 0.658. The average molecular weight is 595 g/mol. The first kappa shape index (κ1) is 29.7. The number of nitrogens with zero attached hydrogens (tertiary/aromatic N) is 8. The van der Waals surface area contributed by atoms with Crippen LogP contribution in [-0.4, -0.2) is 97.7 Å². The lowest BCUT2D eigenvalue weighted by atomic mass is 10.0. The fourth-order valence-electron chi connectivity index (χ4n) is 6.97. The number of benzene rings is 2. The first-order valence-electron chi connectivity index (χ1n) is 15.6. The smallest absolute Gasteiger partial charge is 0.318 e. The largest absolute Gasteiger partial charge is 0.462 e. The molecule has 44 heavy (non-hydrogen) atoms. The molecule has 4 heterocycles. The Bertz CT molecular complexity index is 1580. The molecular weight excluding hydrogens is 552 g/mol. The Morgan fingerprint density at radius 1 is 1.07 bits per heavy atom. The molecule has 2 atom stereocenters. The molecule has 0 saturated carbocycles. The van der Waals surface area contributed by atoms with Crippen LogP contribution < -0.4 is 19.4 Å². The molecule has 0 aliphatic carbocycles. The van der Waals surface area contributed by atoms with E-state index >= 15 is 0 Å². The van der Waals surface area contributed by atoms with Crippen LogP contribution in [0.4, 0.5) is 17.2 Å². The molecule has 230 valence electrons. The Labute approximate surface area is 260 Å². The summed E-state index contributed by atoms with van der Waals surface area (Å²) in [6.07, 6.45) is 3.84. The summed E-state index contributed by atoms with van der Waals surface area (Å²) < 4.78 is 6.36. The summed E-state index contributed by atoms with van der Waals surface area (Å²) in [5, 5.41) is 12.1. The van der Waals surface area contributed by atoms with Gasteiger partial charge in [0.05, 0.1) is 30.8 Å². The highest BCUT2D eigenvalue weighted by Gasteiger charge is 2.34. The van der Waals surface area contributed by atoms with Gasteiger partial charge in [0.1, 0.15) is 12.3 Å². The van der Waals surface area contributed by atoms with E-state index in [1.165, 1.54) is 34.5 Å². The molecule has 3 aromatic rings. The molecule has 3 aliphatic heterocycles. The van der Waals surface area contributed by atoms with Gasteiger partial charge in [-0.3, -0.25) is 4.79 Å². The number of amides is 1. The van der Waals surface area contributed by atoms with Gasteiger partial charge in [-0.25, -0.2) is 0 Å². The second-order valence-electron chi connectivity index (χ2n) is 12.2. The molecule has 2 aromatic carbocycles. The molecule has 2 saturated heterocycles. The number of aryl methyl sites for hydroxylation is 1. The first-order valence-corrected chi connectivity index (χ1v) is 15.6. The van der Waals surface area contributed by atoms with Crippen LogP contribution in [0.1, 0.15) is 30.5 Å². The maximum Gasteiger partial charge on any atom is 0.318 e. The van der Waals surface area contributed by atoms with Gasteiger partial charge in [-0.1, -0.05) is 36.9 Å². The lowest BCUT2D eigenvalue weighted by molar-refractivity contribution is -0.128. The van der Waals surface area contributed by atoms with Crippen molar-refractivity contribution >= 4 is 33.9 Å². The zero-order valence-electron chi connectivity index (χ0n) is 26.1. The lowest BCUT2D eigenvalue weighted by Crippen LogP contribution is -2.55. The Kier molecular flexibility index (Phi) is 8.58. The van der Waals surface area contributed by atoms with E-state index in [2.05, 4.69) is 89.7 Å². The Morgan fingerprint density at radius 3 is 2.61 bits per heavy atom. The van der Waals surface area contributed by atoms with Crippen LogP contribution >= 0.6 is 0 Å². The summed E-state index contributed by atoms with van der Waals surface area (Å²) in [6, 6.07) is 15.7. The number of ether oxygens (including phenoxy) is 1. The number of rotatable bonds is 7. The third-order valence-electron chi connectivity index (χ3n) is 9.42. The minimum Gasteiger partial charge on any atom is -0.462 e. The number of anilines is 3. The van der Waals surface area contributed by atoms with Crippen molar-refractivity contribution in [3.8, 4) is 12.1 Å². The third-order valence-corrected chi connectivity index (χ3v) is 9.42. The number of hydrogen-bond acceptors (Lipinski definition) is 9. The van der Waals surface area contributed by atoms with Crippen LogP contribution in [0.5, 0.6) is 6.01 Å². The van der Waals surface area contributed by atoms with Gasteiger partial charge in [-0.05, 0) is 56.4 Å². The number of carbonyl (C=O) groups excluding carboxylic acids is 1. The van der Waals surface area contributed by atoms with Crippen molar-refractivity contribution in [3.63, 3.8) is 0 Å². The average Bonchev–Trinajstić information content (AvgIpc) is 3.37. The zero-order chi connectivity index (χ0) is 30.8. The van der Waals surface area contributed by atoms with Crippen molar-refractivity contribution in [1.29, 1.82) is 5.26 Å². The number of likely N-dealkylation sites (N-methyl/N-ethyl adjacent to an activating group) is 2. The maximum atomic E-state index is 12.6. The Balaban J connectivity index is 1.39. The van der Waals surface area contributed by atoms with Gasteiger partial charge >= 0.3 is 6.01 Å². The molecule has 10 nitrogen and oxygen atoms in total. The van der Waals surface area contributed by atoms with Crippen molar-refractivity contribution in [2.75, 3.05) is 74.7 Å². The SMILES string of the molecule is C=CC(=O)N1CCN(c2nc(OC[C@@H]3CCCN3C)nc3c2N(C)CCN(c2cccc4cccc(C)c24)C3)C[C@@H]1CC#N. The van der Waals surface area contributed by atoms with E-state index in [9.17, 15) is 10.1 Å². The van der Waals surface area contributed by atoms with E-state index in [4.69, 9.17) is 14.7 Å². The Morgan fingerprint density at radius 2 is 1.86 bits per heavy atom. The molecule has 0 N–H and O–H groups in total. The van der Waals surface area contributed by atoms with Crippen LogP contribution in [-0.2, 0) is 11.3 Å².